The molecule has 1 aliphatic rings. The molecule has 112 valence electrons. The SMILES string of the molecule is CC(C)(O)C(C)(C)OB(O)c1ncsc1C1CCCC1. The van der Waals surface area contributed by atoms with Crippen molar-refractivity contribution in [3.05, 3.63) is 10.4 Å². The molecule has 1 saturated carbocycles. The van der Waals surface area contributed by atoms with E-state index < -0.39 is 18.3 Å². The molecule has 1 fully saturated rings. The Kier molecular flexibility index (Phi) is 4.59. The third-order valence-corrected chi connectivity index (χ3v) is 5.47. The highest BCUT2D eigenvalue weighted by molar-refractivity contribution is 7.11. The van der Waals surface area contributed by atoms with Gasteiger partial charge >= 0.3 is 7.12 Å². The Balaban J connectivity index is 2.14. The molecular weight excluding hydrogens is 273 g/mol. The molecule has 1 heterocycles. The van der Waals surface area contributed by atoms with E-state index in [0.29, 0.717) is 11.5 Å². The first kappa shape index (κ1) is 16.0. The van der Waals surface area contributed by atoms with Crippen LogP contribution in [0, 0.1) is 0 Å². The lowest BCUT2D eigenvalue weighted by molar-refractivity contribution is -0.0983. The van der Waals surface area contributed by atoms with Crippen molar-refractivity contribution in [3.8, 4) is 0 Å². The van der Waals surface area contributed by atoms with Gasteiger partial charge in [-0.15, -0.1) is 11.3 Å². The Morgan fingerprint density at radius 2 is 1.90 bits per heavy atom. The zero-order chi connectivity index (χ0) is 15.0. The van der Waals surface area contributed by atoms with Gasteiger partial charge in [-0.3, -0.25) is 4.98 Å². The molecule has 0 unspecified atom stereocenters. The third kappa shape index (κ3) is 3.24. The second-order valence-electron chi connectivity index (χ2n) is 6.62. The van der Waals surface area contributed by atoms with Gasteiger partial charge in [0.05, 0.1) is 22.3 Å². The van der Waals surface area contributed by atoms with E-state index in [1.165, 1.54) is 12.8 Å². The number of thiazole rings is 1. The van der Waals surface area contributed by atoms with E-state index in [1.54, 1.807) is 44.5 Å². The summed E-state index contributed by atoms with van der Waals surface area (Å²) in [5, 5.41) is 20.5. The first-order chi connectivity index (χ1) is 9.22. The van der Waals surface area contributed by atoms with Crippen molar-refractivity contribution in [3.63, 3.8) is 0 Å². The quantitative estimate of drug-likeness (QED) is 0.817. The molecule has 0 saturated heterocycles. The smallest absolute Gasteiger partial charge is 0.422 e. The van der Waals surface area contributed by atoms with Gasteiger partial charge < -0.3 is 14.8 Å². The van der Waals surface area contributed by atoms with Crippen LogP contribution in [0.2, 0.25) is 0 Å². The minimum atomic E-state index is -1.08. The summed E-state index contributed by atoms with van der Waals surface area (Å²) in [4.78, 5) is 5.43. The Labute approximate surface area is 125 Å². The van der Waals surface area contributed by atoms with Crippen molar-refractivity contribution in [2.24, 2.45) is 0 Å². The van der Waals surface area contributed by atoms with Crippen LogP contribution in [0.4, 0.5) is 0 Å². The van der Waals surface area contributed by atoms with Crippen LogP contribution in [-0.4, -0.2) is 33.4 Å². The molecule has 0 aliphatic heterocycles. The lowest BCUT2D eigenvalue weighted by atomic mass is 9.78. The zero-order valence-corrected chi connectivity index (χ0v) is 13.5. The summed E-state index contributed by atoms with van der Waals surface area (Å²) >= 11 is 1.60. The molecule has 1 aliphatic carbocycles. The summed E-state index contributed by atoms with van der Waals surface area (Å²) in [6.07, 6.45) is 4.82. The van der Waals surface area contributed by atoms with Crippen molar-refractivity contribution in [1.29, 1.82) is 0 Å². The molecule has 2 rings (SSSR count). The number of nitrogens with zero attached hydrogens (tertiary/aromatic N) is 1. The summed E-state index contributed by atoms with van der Waals surface area (Å²) < 4.78 is 5.70. The highest BCUT2D eigenvalue weighted by Gasteiger charge is 2.41. The Bertz CT molecular complexity index is 450. The second-order valence-corrected chi connectivity index (χ2v) is 7.51. The maximum absolute atomic E-state index is 10.4. The third-order valence-electron chi connectivity index (χ3n) is 4.46. The largest absolute Gasteiger partial charge is 0.512 e. The molecule has 1 aromatic rings. The van der Waals surface area contributed by atoms with Gasteiger partial charge in [0.25, 0.3) is 0 Å². The van der Waals surface area contributed by atoms with Crippen LogP contribution >= 0.6 is 11.3 Å². The summed E-state index contributed by atoms with van der Waals surface area (Å²) in [5.74, 6) is 0.501. The molecule has 0 bridgehead atoms. The number of aliphatic hydroxyl groups is 1. The average Bonchev–Trinajstić information content (AvgIpc) is 2.97. The van der Waals surface area contributed by atoms with E-state index in [-0.39, 0.29) is 0 Å². The molecule has 6 heteroatoms. The summed E-state index contributed by atoms with van der Waals surface area (Å²) in [6, 6.07) is 0. The van der Waals surface area contributed by atoms with Crippen molar-refractivity contribution in [2.75, 3.05) is 0 Å². The van der Waals surface area contributed by atoms with E-state index in [9.17, 15) is 10.1 Å². The Morgan fingerprint density at radius 3 is 2.45 bits per heavy atom. The molecule has 20 heavy (non-hydrogen) atoms. The lowest BCUT2D eigenvalue weighted by Crippen LogP contribution is -2.53. The fourth-order valence-corrected chi connectivity index (χ4v) is 3.40. The molecule has 4 nitrogen and oxygen atoms in total. The van der Waals surface area contributed by atoms with E-state index in [4.69, 9.17) is 4.65 Å². The van der Waals surface area contributed by atoms with E-state index in [1.807, 2.05) is 0 Å². The topological polar surface area (TPSA) is 62.6 Å². The molecule has 2 N–H and O–H groups in total. The molecule has 1 aromatic heterocycles. The monoisotopic (exact) mass is 297 g/mol. The highest BCUT2D eigenvalue weighted by atomic mass is 32.1. The first-order valence-corrected chi connectivity index (χ1v) is 8.12. The van der Waals surface area contributed by atoms with Gasteiger partial charge in [-0.1, -0.05) is 12.8 Å². The fraction of sp³-hybridized carbons (Fsp3) is 0.786. The number of aromatic nitrogens is 1. The van der Waals surface area contributed by atoms with Gasteiger partial charge in [-0.25, -0.2) is 0 Å². The van der Waals surface area contributed by atoms with Crippen molar-refractivity contribution in [1.82, 2.24) is 4.98 Å². The number of rotatable bonds is 5. The van der Waals surface area contributed by atoms with Gasteiger partial charge in [-0.2, -0.15) is 0 Å². The fourth-order valence-electron chi connectivity index (χ4n) is 2.42. The Morgan fingerprint density at radius 1 is 1.30 bits per heavy atom. The highest BCUT2D eigenvalue weighted by Crippen LogP contribution is 2.35. The molecular formula is C14H24BNO3S. The first-order valence-electron chi connectivity index (χ1n) is 7.24. The predicted octanol–water partition coefficient (Wildman–Crippen LogP) is 2.05. The van der Waals surface area contributed by atoms with Crippen LogP contribution < -0.4 is 5.59 Å². The predicted molar refractivity (Wildman–Crippen MR) is 82.4 cm³/mol. The van der Waals surface area contributed by atoms with Crippen LogP contribution in [0.5, 0.6) is 0 Å². The van der Waals surface area contributed by atoms with Crippen LogP contribution in [0.1, 0.15) is 64.2 Å². The molecule has 0 spiro atoms. The van der Waals surface area contributed by atoms with Gasteiger partial charge in [0, 0.05) is 4.88 Å². The molecule has 0 atom stereocenters. The van der Waals surface area contributed by atoms with Gasteiger partial charge in [-0.05, 0) is 46.5 Å². The van der Waals surface area contributed by atoms with Crippen LogP contribution in [0.3, 0.4) is 0 Å². The maximum atomic E-state index is 10.4. The van der Waals surface area contributed by atoms with E-state index >= 15 is 0 Å². The van der Waals surface area contributed by atoms with Gasteiger partial charge in [0.15, 0.2) is 0 Å². The summed E-state index contributed by atoms with van der Waals surface area (Å²) in [7, 11) is -1.08. The minimum Gasteiger partial charge on any atom is -0.422 e. The normalized spacial score (nSPS) is 17.7. The molecule has 0 amide bonds. The van der Waals surface area contributed by atoms with Gasteiger partial charge in [0.2, 0.25) is 0 Å². The van der Waals surface area contributed by atoms with Crippen molar-refractivity contribution in [2.45, 2.75) is 70.5 Å². The summed E-state index contributed by atoms with van der Waals surface area (Å²) in [6.45, 7) is 6.91. The van der Waals surface area contributed by atoms with E-state index in [2.05, 4.69) is 4.98 Å². The molecule has 0 radical (unpaired) electrons. The van der Waals surface area contributed by atoms with Crippen LogP contribution in [0.25, 0.3) is 0 Å². The van der Waals surface area contributed by atoms with Crippen LogP contribution in [0.15, 0.2) is 5.51 Å². The van der Waals surface area contributed by atoms with Crippen molar-refractivity contribution >= 4 is 24.0 Å². The standard InChI is InChI=1S/C14H24BNO3S/c1-13(2,17)14(3,4)19-15(18)12-11(20-9-16-12)10-7-5-6-8-10/h9-10,17-18H,5-8H2,1-4H3. The Hall–Kier alpha value is -0.425. The average molecular weight is 297 g/mol. The van der Waals surface area contributed by atoms with Gasteiger partial charge in [0.1, 0.15) is 0 Å². The number of hydrogen-bond donors (Lipinski definition) is 2. The zero-order valence-electron chi connectivity index (χ0n) is 12.7. The summed E-state index contributed by atoms with van der Waals surface area (Å²) in [5.41, 5.74) is 0.492. The maximum Gasteiger partial charge on any atom is 0.512 e. The molecule has 0 aromatic carbocycles. The van der Waals surface area contributed by atoms with Crippen LogP contribution in [-0.2, 0) is 4.65 Å². The number of hydrogen-bond acceptors (Lipinski definition) is 5. The second kappa shape index (κ2) is 5.75. The van der Waals surface area contributed by atoms with E-state index in [0.717, 1.165) is 17.7 Å². The minimum absolute atomic E-state index is 0.501. The lowest BCUT2D eigenvalue weighted by Gasteiger charge is -2.38. The van der Waals surface area contributed by atoms with Crippen molar-refractivity contribution < 1.29 is 14.8 Å².